The number of hydrogen-bond donors (Lipinski definition) is 2. The van der Waals surface area contributed by atoms with E-state index in [-0.39, 0.29) is 10.2 Å². The van der Waals surface area contributed by atoms with Gasteiger partial charge in [0.2, 0.25) is 5.96 Å². The van der Waals surface area contributed by atoms with Gasteiger partial charge in [0.05, 0.1) is 11.3 Å². The average molecular weight is 307 g/mol. The van der Waals surface area contributed by atoms with Crippen LogP contribution in [-0.2, 0) is 6.18 Å². The van der Waals surface area contributed by atoms with Crippen molar-refractivity contribution in [2.75, 3.05) is 0 Å². The van der Waals surface area contributed by atoms with Crippen molar-refractivity contribution in [1.82, 2.24) is 5.32 Å². The fourth-order valence-electron chi connectivity index (χ4n) is 1.05. The van der Waals surface area contributed by atoms with Gasteiger partial charge >= 0.3 is 6.18 Å². The Labute approximate surface area is 103 Å². The van der Waals surface area contributed by atoms with Gasteiger partial charge in [-0.1, -0.05) is 15.9 Å². The van der Waals surface area contributed by atoms with Gasteiger partial charge in [0.25, 0.3) is 0 Å². The Kier molecular flexibility index (Phi) is 3.96. The first-order chi connectivity index (χ1) is 7.84. The van der Waals surface area contributed by atoms with Crippen molar-refractivity contribution in [3.8, 4) is 6.19 Å². The van der Waals surface area contributed by atoms with E-state index in [0.717, 1.165) is 12.1 Å². The average Bonchev–Trinajstić information content (AvgIpc) is 2.19. The molecule has 0 heterocycles. The van der Waals surface area contributed by atoms with Crippen LogP contribution in [0.15, 0.2) is 27.7 Å². The lowest BCUT2D eigenvalue weighted by atomic mass is 10.2. The lowest BCUT2D eigenvalue weighted by Gasteiger charge is -2.10. The second-order valence-electron chi connectivity index (χ2n) is 2.89. The van der Waals surface area contributed by atoms with Gasteiger partial charge in [0.1, 0.15) is 0 Å². The summed E-state index contributed by atoms with van der Waals surface area (Å²) in [5.74, 6) is -0.402. The molecular formula is C9H6BrF3N4. The predicted octanol–water partition coefficient (Wildman–Crippen LogP) is 2.48. The molecule has 8 heteroatoms. The Morgan fingerprint density at radius 1 is 1.47 bits per heavy atom. The minimum absolute atomic E-state index is 0.274. The van der Waals surface area contributed by atoms with Crippen molar-refractivity contribution in [2.24, 2.45) is 10.7 Å². The van der Waals surface area contributed by atoms with Gasteiger partial charge in [-0.3, -0.25) is 5.32 Å². The molecule has 0 aliphatic heterocycles. The van der Waals surface area contributed by atoms with Gasteiger partial charge in [-0.05, 0) is 18.2 Å². The van der Waals surface area contributed by atoms with Crippen LogP contribution in [0.25, 0.3) is 0 Å². The number of nitriles is 1. The zero-order chi connectivity index (χ0) is 13.1. The van der Waals surface area contributed by atoms with E-state index >= 15 is 0 Å². The molecule has 0 spiro atoms. The highest BCUT2D eigenvalue weighted by atomic mass is 79.9. The van der Waals surface area contributed by atoms with Gasteiger partial charge in [-0.15, -0.1) is 0 Å². The SMILES string of the molecule is N#CNC(N)=Nc1ccc(Br)cc1C(F)(F)F. The Bertz CT molecular complexity index is 490. The largest absolute Gasteiger partial charge is 0.418 e. The second-order valence-corrected chi connectivity index (χ2v) is 3.81. The summed E-state index contributed by atoms with van der Waals surface area (Å²) >= 11 is 2.94. The molecule has 3 N–H and O–H groups in total. The molecule has 0 atom stereocenters. The van der Waals surface area contributed by atoms with Crippen LogP contribution in [0.4, 0.5) is 18.9 Å². The molecule has 0 aliphatic rings. The summed E-state index contributed by atoms with van der Waals surface area (Å²) in [4.78, 5) is 3.48. The molecule has 0 fully saturated rings. The fourth-order valence-corrected chi connectivity index (χ4v) is 1.41. The van der Waals surface area contributed by atoms with Crippen LogP contribution in [0, 0.1) is 11.5 Å². The molecule has 0 unspecified atom stereocenters. The quantitative estimate of drug-likeness (QED) is 0.362. The molecule has 0 saturated carbocycles. The maximum Gasteiger partial charge on any atom is 0.418 e. The molecule has 0 aliphatic carbocycles. The van der Waals surface area contributed by atoms with Gasteiger partial charge < -0.3 is 5.73 Å². The third kappa shape index (κ3) is 3.64. The van der Waals surface area contributed by atoms with Crippen LogP contribution in [0.2, 0.25) is 0 Å². The maximum absolute atomic E-state index is 12.6. The van der Waals surface area contributed by atoms with Crippen LogP contribution in [0.1, 0.15) is 5.56 Å². The summed E-state index contributed by atoms with van der Waals surface area (Å²) in [6, 6.07) is 3.44. The van der Waals surface area contributed by atoms with E-state index in [0.29, 0.717) is 0 Å². The van der Waals surface area contributed by atoms with E-state index in [4.69, 9.17) is 11.0 Å². The smallest absolute Gasteiger partial charge is 0.369 e. The van der Waals surface area contributed by atoms with Crippen molar-refractivity contribution < 1.29 is 13.2 Å². The molecule has 0 bridgehead atoms. The predicted molar refractivity (Wildman–Crippen MR) is 59.2 cm³/mol. The Balaban J connectivity index is 3.26. The number of rotatable bonds is 1. The van der Waals surface area contributed by atoms with E-state index in [1.54, 1.807) is 0 Å². The Morgan fingerprint density at radius 3 is 2.65 bits per heavy atom. The first-order valence-corrected chi connectivity index (χ1v) is 5.00. The molecular weight excluding hydrogens is 301 g/mol. The zero-order valence-corrected chi connectivity index (χ0v) is 9.80. The Morgan fingerprint density at radius 2 is 2.12 bits per heavy atom. The number of nitrogens with two attached hydrogens (primary N) is 1. The van der Waals surface area contributed by atoms with Crippen LogP contribution in [0.5, 0.6) is 0 Å². The normalized spacial score (nSPS) is 12.1. The van der Waals surface area contributed by atoms with Crippen molar-refractivity contribution in [1.29, 1.82) is 5.26 Å². The number of nitrogens with zero attached hydrogens (tertiary/aromatic N) is 2. The van der Waals surface area contributed by atoms with Gasteiger partial charge in [0, 0.05) is 4.47 Å². The van der Waals surface area contributed by atoms with Crippen molar-refractivity contribution >= 4 is 27.6 Å². The highest BCUT2D eigenvalue weighted by molar-refractivity contribution is 9.10. The highest BCUT2D eigenvalue weighted by Crippen LogP contribution is 2.37. The lowest BCUT2D eigenvalue weighted by molar-refractivity contribution is -0.137. The molecule has 1 aromatic rings. The molecule has 90 valence electrons. The highest BCUT2D eigenvalue weighted by Gasteiger charge is 2.33. The van der Waals surface area contributed by atoms with Crippen LogP contribution in [0.3, 0.4) is 0 Å². The number of halogens is 4. The van der Waals surface area contributed by atoms with Gasteiger partial charge in [-0.2, -0.15) is 18.4 Å². The summed E-state index contributed by atoms with van der Waals surface area (Å²) in [5, 5.41) is 10.2. The molecule has 1 aromatic carbocycles. The minimum Gasteiger partial charge on any atom is -0.369 e. The van der Waals surface area contributed by atoms with E-state index in [9.17, 15) is 13.2 Å². The van der Waals surface area contributed by atoms with E-state index in [2.05, 4.69) is 20.9 Å². The first-order valence-electron chi connectivity index (χ1n) is 4.20. The number of guanidine groups is 1. The molecule has 0 amide bonds. The van der Waals surface area contributed by atoms with Crippen molar-refractivity contribution in [3.05, 3.63) is 28.2 Å². The maximum atomic E-state index is 12.6. The van der Waals surface area contributed by atoms with Crippen molar-refractivity contribution in [2.45, 2.75) is 6.18 Å². The van der Waals surface area contributed by atoms with Crippen molar-refractivity contribution in [3.63, 3.8) is 0 Å². The van der Waals surface area contributed by atoms with E-state index in [1.165, 1.54) is 12.3 Å². The van der Waals surface area contributed by atoms with E-state index in [1.807, 2.05) is 5.32 Å². The zero-order valence-electron chi connectivity index (χ0n) is 8.22. The molecule has 0 aromatic heterocycles. The number of alkyl halides is 3. The summed E-state index contributed by atoms with van der Waals surface area (Å²) in [6.07, 6.45) is -3.09. The van der Waals surface area contributed by atoms with Crippen LogP contribution in [-0.4, -0.2) is 5.96 Å². The first kappa shape index (κ1) is 13.3. The standard InChI is InChI=1S/C9H6BrF3N4/c10-5-1-2-7(17-8(15)16-4-14)6(3-5)9(11,12)13/h1-3H,(H3,15,16,17). The third-order valence-electron chi connectivity index (χ3n) is 1.69. The number of benzene rings is 1. The third-order valence-corrected chi connectivity index (χ3v) is 2.18. The minimum atomic E-state index is -4.55. The topological polar surface area (TPSA) is 74.2 Å². The number of nitrogens with one attached hydrogen (secondary N) is 1. The lowest BCUT2D eigenvalue weighted by Crippen LogP contribution is -2.27. The number of hydrogen-bond acceptors (Lipinski definition) is 2. The molecule has 17 heavy (non-hydrogen) atoms. The number of aliphatic imine (C=N–C) groups is 1. The van der Waals surface area contributed by atoms with Gasteiger partial charge in [0.15, 0.2) is 6.19 Å². The molecule has 0 radical (unpaired) electrons. The Hall–Kier alpha value is -1.75. The summed E-state index contributed by atoms with van der Waals surface area (Å²) in [5.41, 5.74) is 3.91. The monoisotopic (exact) mass is 306 g/mol. The molecule has 0 saturated heterocycles. The molecule has 4 nitrogen and oxygen atoms in total. The summed E-state index contributed by atoms with van der Waals surface area (Å²) in [6.45, 7) is 0. The second kappa shape index (κ2) is 5.05. The van der Waals surface area contributed by atoms with E-state index < -0.39 is 17.7 Å². The summed E-state index contributed by atoms with van der Waals surface area (Å²) in [7, 11) is 0. The van der Waals surface area contributed by atoms with Crippen LogP contribution >= 0.6 is 15.9 Å². The summed E-state index contributed by atoms with van der Waals surface area (Å²) < 4.78 is 38.2. The molecule has 1 rings (SSSR count). The fraction of sp³-hybridized carbons (Fsp3) is 0.111. The van der Waals surface area contributed by atoms with Crippen LogP contribution < -0.4 is 11.1 Å². The van der Waals surface area contributed by atoms with Gasteiger partial charge in [-0.25, -0.2) is 4.99 Å².